The zero-order valence-corrected chi connectivity index (χ0v) is 9.40. The molecule has 2 aromatic rings. The van der Waals surface area contributed by atoms with E-state index in [2.05, 4.69) is 9.98 Å². The van der Waals surface area contributed by atoms with Crippen LogP contribution in [0, 0.1) is 0 Å². The van der Waals surface area contributed by atoms with Crippen molar-refractivity contribution >= 4 is 6.21 Å². The lowest BCUT2D eigenvalue weighted by Gasteiger charge is -2.06. The summed E-state index contributed by atoms with van der Waals surface area (Å²) in [4.78, 5) is 8.14. The van der Waals surface area contributed by atoms with Crippen LogP contribution in [0.3, 0.4) is 0 Å². The van der Waals surface area contributed by atoms with Gasteiger partial charge in [0.2, 0.25) is 0 Å². The zero-order chi connectivity index (χ0) is 11.9. The van der Waals surface area contributed by atoms with Crippen LogP contribution < -0.4 is 0 Å². The van der Waals surface area contributed by atoms with Gasteiger partial charge in [-0.25, -0.2) is 0 Å². The Balaban J connectivity index is 1.93. The number of aromatic nitrogens is 1. The maximum absolute atomic E-state index is 9.87. The van der Waals surface area contributed by atoms with Gasteiger partial charge in [0, 0.05) is 18.6 Å². The third-order valence-corrected chi connectivity index (χ3v) is 2.41. The normalized spacial score (nSPS) is 12.8. The van der Waals surface area contributed by atoms with Gasteiger partial charge in [-0.3, -0.25) is 9.98 Å². The quantitative estimate of drug-likeness (QED) is 0.812. The van der Waals surface area contributed by atoms with Crippen LogP contribution in [0.1, 0.15) is 17.2 Å². The fraction of sp³-hybridized carbons (Fsp3) is 0.143. The number of benzene rings is 1. The number of nitrogens with zero attached hydrogens (tertiary/aromatic N) is 2. The minimum Gasteiger partial charge on any atom is -0.386 e. The Hall–Kier alpha value is -2.00. The molecule has 0 fully saturated rings. The van der Waals surface area contributed by atoms with Crippen LogP contribution in [-0.2, 0) is 0 Å². The van der Waals surface area contributed by atoms with Gasteiger partial charge in [-0.2, -0.15) is 0 Å². The Labute approximate surface area is 100 Å². The molecule has 1 aromatic heterocycles. The van der Waals surface area contributed by atoms with Crippen LogP contribution in [0.25, 0.3) is 0 Å². The molecule has 3 heteroatoms. The van der Waals surface area contributed by atoms with Gasteiger partial charge in [0.1, 0.15) is 0 Å². The van der Waals surface area contributed by atoms with Crippen LogP contribution in [0.5, 0.6) is 0 Å². The molecule has 0 unspecified atom stereocenters. The monoisotopic (exact) mass is 226 g/mol. The number of aliphatic hydroxyl groups excluding tert-OH is 1. The van der Waals surface area contributed by atoms with E-state index in [1.807, 2.05) is 42.5 Å². The number of aliphatic hydroxyl groups is 1. The second kappa shape index (κ2) is 5.92. The second-order valence-corrected chi connectivity index (χ2v) is 3.70. The maximum Gasteiger partial charge on any atom is 0.0985 e. The first kappa shape index (κ1) is 11.5. The molecule has 0 aliphatic carbocycles. The van der Waals surface area contributed by atoms with Gasteiger partial charge in [-0.15, -0.1) is 0 Å². The van der Waals surface area contributed by atoms with Crippen molar-refractivity contribution in [3.8, 4) is 0 Å². The average molecular weight is 226 g/mol. The zero-order valence-electron chi connectivity index (χ0n) is 9.40. The van der Waals surface area contributed by atoms with Crippen molar-refractivity contribution < 1.29 is 5.11 Å². The Kier molecular flexibility index (Phi) is 4.00. The van der Waals surface area contributed by atoms with Gasteiger partial charge in [0.05, 0.1) is 12.6 Å². The van der Waals surface area contributed by atoms with Crippen molar-refractivity contribution in [2.75, 3.05) is 6.54 Å². The molecular weight excluding hydrogens is 212 g/mol. The van der Waals surface area contributed by atoms with Gasteiger partial charge in [-0.05, 0) is 23.3 Å². The summed E-state index contributed by atoms with van der Waals surface area (Å²) in [5.41, 5.74) is 1.87. The van der Waals surface area contributed by atoms with Gasteiger partial charge in [0.25, 0.3) is 0 Å². The minimum atomic E-state index is -0.547. The van der Waals surface area contributed by atoms with Crippen molar-refractivity contribution in [3.05, 3.63) is 66.0 Å². The summed E-state index contributed by atoms with van der Waals surface area (Å²) in [6.07, 6.45) is 4.63. The van der Waals surface area contributed by atoms with Gasteiger partial charge in [0.15, 0.2) is 0 Å². The molecule has 0 amide bonds. The highest BCUT2D eigenvalue weighted by molar-refractivity contribution is 5.79. The first-order valence-electron chi connectivity index (χ1n) is 5.49. The van der Waals surface area contributed by atoms with E-state index in [0.717, 1.165) is 11.1 Å². The van der Waals surface area contributed by atoms with Crippen molar-refractivity contribution in [2.24, 2.45) is 4.99 Å². The lowest BCUT2D eigenvalue weighted by molar-refractivity contribution is 0.187. The highest BCUT2D eigenvalue weighted by Crippen LogP contribution is 2.11. The molecule has 0 radical (unpaired) electrons. The summed E-state index contributed by atoms with van der Waals surface area (Å²) in [6, 6.07) is 13.3. The van der Waals surface area contributed by atoms with Crippen molar-refractivity contribution in [1.29, 1.82) is 0 Å². The molecule has 0 saturated carbocycles. The summed E-state index contributed by atoms with van der Waals surface area (Å²) < 4.78 is 0. The van der Waals surface area contributed by atoms with E-state index < -0.39 is 6.10 Å². The smallest absolute Gasteiger partial charge is 0.0985 e. The number of pyridine rings is 1. The largest absolute Gasteiger partial charge is 0.386 e. The summed E-state index contributed by atoms with van der Waals surface area (Å²) in [7, 11) is 0. The van der Waals surface area contributed by atoms with Crippen molar-refractivity contribution in [3.63, 3.8) is 0 Å². The molecule has 3 nitrogen and oxygen atoms in total. The Morgan fingerprint density at radius 3 is 2.53 bits per heavy atom. The van der Waals surface area contributed by atoms with Gasteiger partial charge in [-0.1, -0.05) is 30.3 Å². The lowest BCUT2D eigenvalue weighted by atomic mass is 10.1. The summed E-state index contributed by atoms with van der Waals surface area (Å²) in [5.74, 6) is 0. The first-order valence-corrected chi connectivity index (χ1v) is 5.49. The molecule has 0 saturated heterocycles. The average Bonchev–Trinajstić information content (AvgIpc) is 2.41. The van der Waals surface area contributed by atoms with E-state index >= 15 is 0 Å². The Morgan fingerprint density at radius 1 is 1.12 bits per heavy atom. The summed E-state index contributed by atoms with van der Waals surface area (Å²) >= 11 is 0. The van der Waals surface area contributed by atoms with Crippen LogP contribution in [0.2, 0.25) is 0 Å². The molecule has 86 valence electrons. The molecule has 17 heavy (non-hydrogen) atoms. The highest BCUT2D eigenvalue weighted by Gasteiger charge is 2.04. The SMILES string of the molecule is O[C@H](CN=Cc1ccncc1)c1ccccc1. The second-order valence-electron chi connectivity index (χ2n) is 3.70. The number of hydrogen-bond acceptors (Lipinski definition) is 3. The molecule has 0 bridgehead atoms. The third kappa shape index (κ3) is 3.50. The van der Waals surface area contributed by atoms with E-state index in [9.17, 15) is 5.11 Å². The first-order chi connectivity index (χ1) is 8.36. The standard InChI is InChI=1S/C14H14N2O/c17-14(13-4-2-1-3-5-13)11-16-10-12-6-8-15-9-7-12/h1-10,14,17H,11H2/t14-/m1/s1. The molecule has 1 N–H and O–H groups in total. The summed E-state index contributed by atoms with van der Waals surface area (Å²) in [5, 5.41) is 9.87. The maximum atomic E-state index is 9.87. The predicted octanol–water partition coefficient (Wildman–Crippen LogP) is 2.23. The number of hydrogen-bond donors (Lipinski definition) is 1. The van der Waals surface area contributed by atoms with Crippen LogP contribution in [0.15, 0.2) is 59.9 Å². The topological polar surface area (TPSA) is 45.5 Å². The van der Waals surface area contributed by atoms with Crippen LogP contribution in [0.4, 0.5) is 0 Å². The molecule has 1 heterocycles. The molecule has 0 aliphatic heterocycles. The van der Waals surface area contributed by atoms with Crippen LogP contribution in [-0.4, -0.2) is 22.8 Å². The molecule has 2 rings (SSSR count). The Morgan fingerprint density at radius 2 is 1.82 bits per heavy atom. The lowest BCUT2D eigenvalue weighted by Crippen LogP contribution is -2.01. The highest BCUT2D eigenvalue weighted by atomic mass is 16.3. The van der Waals surface area contributed by atoms with E-state index in [1.54, 1.807) is 18.6 Å². The predicted molar refractivity (Wildman–Crippen MR) is 68.1 cm³/mol. The molecule has 0 aliphatic rings. The number of rotatable bonds is 4. The molecular formula is C14H14N2O. The fourth-order valence-corrected chi connectivity index (χ4v) is 1.49. The minimum absolute atomic E-state index is 0.367. The third-order valence-electron chi connectivity index (χ3n) is 2.41. The van der Waals surface area contributed by atoms with Crippen molar-refractivity contribution in [2.45, 2.75) is 6.10 Å². The van der Waals surface area contributed by atoms with E-state index in [4.69, 9.17) is 0 Å². The molecule has 1 aromatic carbocycles. The van der Waals surface area contributed by atoms with Gasteiger partial charge >= 0.3 is 0 Å². The van der Waals surface area contributed by atoms with E-state index in [0.29, 0.717) is 6.54 Å². The van der Waals surface area contributed by atoms with E-state index in [-0.39, 0.29) is 0 Å². The van der Waals surface area contributed by atoms with Gasteiger partial charge < -0.3 is 5.11 Å². The molecule has 1 atom stereocenters. The molecule has 0 spiro atoms. The van der Waals surface area contributed by atoms with Crippen molar-refractivity contribution in [1.82, 2.24) is 4.98 Å². The Bertz CT molecular complexity index is 468. The fourth-order valence-electron chi connectivity index (χ4n) is 1.49. The number of aliphatic imine (C=N–C) groups is 1. The van der Waals surface area contributed by atoms with Crippen LogP contribution >= 0.6 is 0 Å². The van der Waals surface area contributed by atoms with E-state index in [1.165, 1.54) is 0 Å². The summed E-state index contributed by atoms with van der Waals surface area (Å²) in [6.45, 7) is 0.367.